The average Bonchev–Trinajstić information content (AvgIpc) is 1.92. The van der Waals surface area contributed by atoms with Crippen molar-refractivity contribution in [2.24, 2.45) is 5.92 Å². The lowest BCUT2D eigenvalue weighted by Crippen LogP contribution is -1.80. The first-order valence-corrected chi connectivity index (χ1v) is 4.42. The second kappa shape index (κ2) is 11.5. The van der Waals surface area contributed by atoms with Gasteiger partial charge in [0, 0.05) is 0 Å². The molecule has 0 spiro atoms. The summed E-state index contributed by atoms with van der Waals surface area (Å²) in [7, 11) is 0. The minimum Gasteiger partial charge on any atom is -0.0888 e. The summed E-state index contributed by atoms with van der Waals surface area (Å²) in [6, 6.07) is 0. The Morgan fingerprint density at radius 2 is 1.60 bits per heavy atom. The van der Waals surface area contributed by atoms with Crippen molar-refractivity contribution in [2.75, 3.05) is 0 Å². The molecule has 0 fully saturated rings. The third-order valence-electron chi connectivity index (χ3n) is 1.01. The number of hydrogen-bond acceptors (Lipinski definition) is 0. The lowest BCUT2D eigenvalue weighted by Gasteiger charge is -1.94. The molecule has 0 aromatic rings. The van der Waals surface area contributed by atoms with Crippen molar-refractivity contribution in [3.05, 3.63) is 12.2 Å². The Morgan fingerprint density at radius 3 is 1.90 bits per heavy atom. The summed E-state index contributed by atoms with van der Waals surface area (Å²) in [6.45, 7) is 10.6. The molecule has 10 heavy (non-hydrogen) atoms. The second-order valence-corrected chi connectivity index (χ2v) is 2.51. The average molecular weight is 142 g/mol. The summed E-state index contributed by atoms with van der Waals surface area (Å²) >= 11 is 0. The van der Waals surface area contributed by atoms with Crippen LogP contribution >= 0.6 is 0 Å². The monoisotopic (exact) mass is 142 g/mol. The summed E-state index contributed by atoms with van der Waals surface area (Å²) in [5.41, 5.74) is 0. The Kier molecular flexibility index (Phi) is 14.3. The van der Waals surface area contributed by atoms with Gasteiger partial charge in [0.15, 0.2) is 0 Å². The van der Waals surface area contributed by atoms with E-state index in [0.717, 1.165) is 5.92 Å². The van der Waals surface area contributed by atoms with Gasteiger partial charge in [-0.25, -0.2) is 0 Å². The summed E-state index contributed by atoms with van der Waals surface area (Å²) in [6.07, 6.45) is 6.88. The van der Waals surface area contributed by atoms with E-state index in [1.165, 1.54) is 12.8 Å². The quantitative estimate of drug-likeness (QED) is 0.522. The van der Waals surface area contributed by atoms with Crippen LogP contribution in [0.3, 0.4) is 0 Å². The molecule has 0 saturated carbocycles. The van der Waals surface area contributed by atoms with E-state index in [1.54, 1.807) is 0 Å². The fourth-order valence-corrected chi connectivity index (χ4v) is 0.535. The zero-order valence-electron chi connectivity index (χ0n) is 8.15. The maximum atomic E-state index is 2.25. The van der Waals surface area contributed by atoms with Gasteiger partial charge in [-0.3, -0.25) is 0 Å². The molecule has 0 amide bonds. The van der Waals surface area contributed by atoms with Gasteiger partial charge in [0.05, 0.1) is 0 Å². The molecule has 0 aliphatic carbocycles. The minimum atomic E-state index is 0.817. The number of rotatable bonds is 3. The van der Waals surface area contributed by atoms with Gasteiger partial charge in [0.25, 0.3) is 0 Å². The summed E-state index contributed by atoms with van der Waals surface area (Å²) in [5, 5.41) is 0. The van der Waals surface area contributed by atoms with Crippen molar-refractivity contribution in [3.63, 3.8) is 0 Å². The predicted molar refractivity (Wildman–Crippen MR) is 50.2 cm³/mol. The third kappa shape index (κ3) is 15.6. The Labute approximate surface area is 66.3 Å². The molecule has 0 aromatic carbocycles. The molecule has 0 N–H and O–H groups in total. The molecule has 0 rings (SSSR count). The zero-order valence-corrected chi connectivity index (χ0v) is 8.15. The van der Waals surface area contributed by atoms with Crippen LogP contribution in [0.5, 0.6) is 0 Å². The van der Waals surface area contributed by atoms with Crippen molar-refractivity contribution in [1.29, 1.82) is 0 Å². The van der Waals surface area contributed by atoms with Gasteiger partial charge in [-0.1, -0.05) is 46.8 Å². The highest BCUT2D eigenvalue weighted by Crippen LogP contribution is 1.99. The normalized spacial score (nSPS) is 9.80. The number of allylic oxidation sites excluding steroid dienone is 2. The lowest BCUT2D eigenvalue weighted by atomic mass is 10.1. The fourth-order valence-electron chi connectivity index (χ4n) is 0.535. The Hall–Kier alpha value is -0.260. The van der Waals surface area contributed by atoms with Gasteiger partial charge >= 0.3 is 0 Å². The van der Waals surface area contributed by atoms with E-state index in [9.17, 15) is 0 Å². The second-order valence-electron chi connectivity index (χ2n) is 2.51. The van der Waals surface area contributed by atoms with E-state index in [-0.39, 0.29) is 0 Å². The molecule has 62 valence electrons. The Bertz CT molecular complexity index is 60.4. The van der Waals surface area contributed by atoms with Crippen molar-refractivity contribution < 1.29 is 0 Å². The fraction of sp³-hybridized carbons (Fsp3) is 0.800. The highest BCUT2D eigenvalue weighted by atomic mass is 13.9. The van der Waals surface area contributed by atoms with Gasteiger partial charge in [-0.2, -0.15) is 0 Å². The van der Waals surface area contributed by atoms with Crippen LogP contribution in [0.1, 0.15) is 47.5 Å². The molecule has 0 aliphatic rings. The van der Waals surface area contributed by atoms with Gasteiger partial charge < -0.3 is 0 Å². The molecule has 0 radical (unpaired) electrons. The molecule has 0 saturated heterocycles. The Balaban J connectivity index is 0. The molecule has 0 unspecified atom stereocenters. The van der Waals surface area contributed by atoms with E-state index in [4.69, 9.17) is 0 Å². The van der Waals surface area contributed by atoms with E-state index in [0.29, 0.717) is 0 Å². The highest BCUT2D eigenvalue weighted by molar-refractivity contribution is 4.80. The first kappa shape index (κ1) is 12.4. The number of hydrogen-bond donors (Lipinski definition) is 0. The third-order valence-corrected chi connectivity index (χ3v) is 1.01. The summed E-state index contributed by atoms with van der Waals surface area (Å²) in [4.78, 5) is 0. The maximum absolute atomic E-state index is 2.25. The van der Waals surface area contributed by atoms with Gasteiger partial charge in [-0.05, 0) is 18.8 Å². The van der Waals surface area contributed by atoms with E-state index in [2.05, 4.69) is 32.9 Å². The van der Waals surface area contributed by atoms with Crippen molar-refractivity contribution in [1.82, 2.24) is 0 Å². The Morgan fingerprint density at radius 1 is 1.10 bits per heavy atom. The molecule has 0 heterocycles. The van der Waals surface area contributed by atoms with E-state index in [1.807, 2.05) is 13.8 Å². The van der Waals surface area contributed by atoms with Crippen LogP contribution in [0.15, 0.2) is 12.2 Å². The van der Waals surface area contributed by atoms with Gasteiger partial charge in [0.2, 0.25) is 0 Å². The van der Waals surface area contributed by atoms with E-state index >= 15 is 0 Å². The summed E-state index contributed by atoms with van der Waals surface area (Å²) < 4.78 is 0. The maximum Gasteiger partial charge on any atom is -0.0327 e. The molecular formula is C10H22. The molecule has 0 aromatic heterocycles. The van der Waals surface area contributed by atoms with Crippen molar-refractivity contribution in [3.8, 4) is 0 Å². The standard InChI is InChI=1S/C8H16.C2H6/c1-4-5-6-7-8(2)3;1-2/h5-6,8H,4,7H2,1-3H3;1-2H3/b6-5-;. The topological polar surface area (TPSA) is 0 Å². The minimum absolute atomic E-state index is 0.817. The predicted octanol–water partition coefficient (Wildman–Crippen LogP) is 4.02. The van der Waals surface area contributed by atoms with Crippen LogP contribution in [0.25, 0.3) is 0 Å². The van der Waals surface area contributed by atoms with Crippen LogP contribution in [0.2, 0.25) is 0 Å². The molecule has 0 aliphatic heterocycles. The van der Waals surface area contributed by atoms with Crippen LogP contribution in [-0.4, -0.2) is 0 Å². The van der Waals surface area contributed by atoms with Gasteiger partial charge in [-0.15, -0.1) is 0 Å². The lowest BCUT2D eigenvalue weighted by molar-refractivity contribution is 0.662. The van der Waals surface area contributed by atoms with Crippen LogP contribution < -0.4 is 0 Å². The summed E-state index contributed by atoms with van der Waals surface area (Å²) in [5.74, 6) is 0.817. The van der Waals surface area contributed by atoms with Crippen molar-refractivity contribution >= 4 is 0 Å². The highest BCUT2D eigenvalue weighted by Gasteiger charge is 1.84. The SMILES string of the molecule is CC.CC/C=C\CC(C)C. The van der Waals surface area contributed by atoms with Crippen molar-refractivity contribution in [2.45, 2.75) is 47.5 Å². The molecular weight excluding hydrogens is 120 g/mol. The van der Waals surface area contributed by atoms with Crippen LogP contribution in [0.4, 0.5) is 0 Å². The zero-order chi connectivity index (χ0) is 8.41. The van der Waals surface area contributed by atoms with Crippen LogP contribution in [-0.2, 0) is 0 Å². The first-order valence-electron chi connectivity index (χ1n) is 4.42. The molecule has 0 atom stereocenters. The largest absolute Gasteiger partial charge is 0.0888 e. The molecule has 0 heteroatoms. The van der Waals surface area contributed by atoms with Gasteiger partial charge in [0.1, 0.15) is 0 Å². The van der Waals surface area contributed by atoms with E-state index < -0.39 is 0 Å². The van der Waals surface area contributed by atoms with Crippen LogP contribution in [0, 0.1) is 5.92 Å². The first-order chi connectivity index (χ1) is 4.77. The smallest absolute Gasteiger partial charge is 0.0327 e. The molecule has 0 bridgehead atoms. The molecule has 0 nitrogen and oxygen atoms in total.